The summed E-state index contributed by atoms with van der Waals surface area (Å²) >= 11 is 6.05. The molecular formula is C14H22ClN3O2. The fraction of sp³-hybridized carbons (Fsp3) is 0.714. The highest BCUT2D eigenvalue weighted by Crippen LogP contribution is 2.34. The summed E-state index contributed by atoms with van der Waals surface area (Å²) in [5.74, 6) is 1.69. The molecule has 1 unspecified atom stereocenters. The molecule has 2 rings (SSSR count). The highest BCUT2D eigenvalue weighted by molar-refractivity contribution is 6.29. The maximum atomic E-state index is 10.5. The molecule has 0 aromatic carbocycles. The van der Waals surface area contributed by atoms with E-state index in [0.29, 0.717) is 17.6 Å². The molecule has 1 N–H and O–H groups in total. The van der Waals surface area contributed by atoms with E-state index >= 15 is 0 Å². The van der Waals surface area contributed by atoms with Crippen molar-refractivity contribution < 1.29 is 9.84 Å². The summed E-state index contributed by atoms with van der Waals surface area (Å²) in [5.41, 5.74) is -0.650. The van der Waals surface area contributed by atoms with Gasteiger partial charge in [0.05, 0.1) is 5.60 Å². The van der Waals surface area contributed by atoms with Gasteiger partial charge in [-0.15, -0.1) is 0 Å². The van der Waals surface area contributed by atoms with Gasteiger partial charge in [0.15, 0.2) is 5.82 Å². The molecule has 0 aliphatic carbocycles. The van der Waals surface area contributed by atoms with Crippen LogP contribution in [0.1, 0.15) is 26.6 Å². The van der Waals surface area contributed by atoms with Gasteiger partial charge in [-0.1, -0.05) is 25.4 Å². The molecule has 0 radical (unpaired) electrons. The average Bonchev–Trinajstić information content (AvgIpc) is 2.35. The summed E-state index contributed by atoms with van der Waals surface area (Å²) in [6.07, 6.45) is 0. The highest BCUT2D eigenvalue weighted by atomic mass is 35.5. The average molecular weight is 300 g/mol. The van der Waals surface area contributed by atoms with Gasteiger partial charge in [-0.3, -0.25) is 0 Å². The lowest BCUT2D eigenvalue weighted by atomic mass is 9.76. The Morgan fingerprint density at radius 1 is 1.40 bits per heavy atom. The van der Waals surface area contributed by atoms with Crippen LogP contribution in [0.4, 0.5) is 5.82 Å². The highest BCUT2D eigenvalue weighted by Gasteiger charge is 2.40. The van der Waals surface area contributed by atoms with Crippen LogP contribution in [-0.2, 0) is 11.3 Å². The molecule has 112 valence electrons. The molecule has 1 fully saturated rings. The number of hydrogen-bond acceptors (Lipinski definition) is 5. The van der Waals surface area contributed by atoms with E-state index in [4.69, 9.17) is 16.3 Å². The van der Waals surface area contributed by atoms with E-state index in [9.17, 15) is 5.11 Å². The van der Waals surface area contributed by atoms with E-state index in [-0.39, 0.29) is 11.8 Å². The second kappa shape index (κ2) is 5.84. The SMILES string of the molecule is COCc1nc(Cl)cc(N2C[C@@H](C)C(C)(O)[C@@H](C)C2)n1. The maximum Gasteiger partial charge on any atom is 0.158 e. The number of hydrogen-bond donors (Lipinski definition) is 1. The monoisotopic (exact) mass is 299 g/mol. The van der Waals surface area contributed by atoms with E-state index in [1.165, 1.54) is 0 Å². The van der Waals surface area contributed by atoms with Gasteiger partial charge in [-0.25, -0.2) is 9.97 Å². The Morgan fingerprint density at radius 3 is 2.55 bits per heavy atom. The third kappa shape index (κ3) is 3.05. The number of piperidine rings is 1. The minimum Gasteiger partial charge on any atom is -0.389 e. The van der Waals surface area contributed by atoms with Crippen molar-refractivity contribution >= 4 is 17.4 Å². The fourth-order valence-electron chi connectivity index (χ4n) is 2.59. The van der Waals surface area contributed by atoms with Crippen molar-refractivity contribution in [2.45, 2.75) is 33.0 Å². The largest absolute Gasteiger partial charge is 0.389 e. The van der Waals surface area contributed by atoms with Crippen LogP contribution in [0.5, 0.6) is 0 Å². The second-order valence-electron chi connectivity index (χ2n) is 5.83. The third-order valence-electron chi connectivity index (χ3n) is 4.31. The maximum absolute atomic E-state index is 10.5. The molecule has 2 heterocycles. The van der Waals surface area contributed by atoms with Gasteiger partial charge in [-0.05, 0) is 6.92 Å². The Balaban J connectivity index is 2.24. The van der Waals surface area contributed by atoms with E-state index < -0.39 is 5.60 Å². The van der Waals surface area contributed by atoms with E-state index in [1.54, 1.807) is 13.2 Å². The van der Waals surface area contributed by atoms with Crippen LogP contribution in [0, 0.1) is 11.8 Å². The second-order valence-corrected chi connectivity index (χ2v) is 6.22. The van der Waals surface area contributed by atoms with Crippen molar-refractivity contribution in [2.75, 3.05) is 25.1 Å². The normalized spacial score (nSPS) is 30.6. The molecular weight excluding hydrogens is 278 g/mol. The molecule has 20 heavy (non-hydrogen) atoms. The number of anilines is 1. The molecule has 1 aromatic heterocycles. The van der Waals surface area contributed by atoms with Crippen molar-refractivity contribution in [3.8, 4) is 0 Å². The zero-order valence-corrected chi connectivity index (χ0v) is 13.2. The Bertz CT molecular complexity index is 467. The number of nitrogens with zero attached hydrogens (tertiary/aromatic N) is 3. The van der Waals surface area contributed by atoms with Gasteiger partial charge in [0.1, 0.15) is 17.6 Å². The molecule has 0 amide bonds. The minimum absolute atomic E-state index is 0.158. The van der Waals surface area contributed by atoms with Crippen molar-refractivity contribution in [2.24, 2.45) is 11.8 Å². The van der Waals surface area contributed by atoms with Crippen LogP contribution in [-0.4, -0.2) is 40.9 Å². The lowest BCUT2D eigenvalue weighted by Crippen LogP contribution is -2.55. The van der Waals surface area contributed by atoms with Crippen LogP contribution in [0.25, 0.3) is 0 Å². The van der Waals surface area contributed by atoms with E-state index in [0.717, 1.165) is 18.9 Å². The predicted octanol–water partition coefficient (Wildman–Crippen LogP) is 2.12. The molecule has 0 bridgehead atoms. The summed E-state index contributed by atoms with van der Waals surface area (Å²) in [4.78, 5) is 10.8. The molecule has 1 aliphatic rings. The molecule has 1 saturated heterocycles. The first-order valence-electron chi connectivity index (χ1n) is 6.84. The molecule has 5 nitrogen and oxygen atoms in total. The van der Waals surface area contributed by atoms with E-state index in [2.05, 4.69) is 28.7 Å². The third-order valence-corrected chi connectivity index (χ3v) is 4.50. The first-order valence-corrected chi connectivity index (χ1v) is 7.22. The number of rotatable bonds is 3. The van der Waals surface area contributed by atoms with Gasteiger partial charge < -0.3 is 14.7 Å². The zero-order valence-electron chi connectivity index (χ0n) is 12.4. The van der Waals surface area contributed by atoms with Crippen LogP contribution in [0.2, 0.25) is 5.15 Å². The minimum atomic E-state index is -0.650. The Hall–Kier alpha value is -0.910. The Kier molecular flexibility index (Phi) is 4.52. The topological polar surface area (TPSA) is 58.5 Å². The van der Waals surface area contributed by atoms with E-state index in [1.807, 2.05) is 6.92 Å². The number of aliphatic hydroxyl groups is 1. The van der Waals surface area contributed by atoms with Crippen LogP contribution in [0.3, 0.4) is 0 Å². The molecule has 0 saturated carbocycles. The Labute approximate surface area is 124 Å². The van der Waals surface area contributed by atoms with Crippen LogP contribution in [0.15, 0.2) is 6.07 Å². The summed E-state index contributed by atoms with van der Waals surface area (Å²) in [6.45, 7) is 7.85. The molecule has 6 heteroatoms. The van der Waals surface area contributed by atoms with Crippen molar-refractivity contribution in [3.63, 3.8) is 0 Å². The van der Waals surface area contributed by atoms with Gasteiger partial charge in [0, 0.05) is 38.1 Å². The number of methoxy groups -OCH3 is 1. The molecule has 1 aliphatic heterocycles. The summed E-state index contributed by atoms with van der Waals surface area (Å²) in [5, 5.41) is 10.9. The lowest BCUT2D eigenvalue weighted by molar-refractivity contribution is -0.0504. The summed E-state index contributed by atoms with van der Waals surface area (Å²) < 4.78 is 5.06. The lowest BCUT2D eigenvalue weighted by Gasteiger charge is -2.46. The number of aromatic nitrogens is 2. The van der Waals surface area contributed by atoms with Gasteiger partial charge in [0.25, 0.3) is 0 Å². The molecule has 1 aromatic rings. The van der Waals surface area contributed by atoms with Crippen LogP contribution >= 0.6 is 11.6 Å². The van der Waals surface area contributed by atoms with Crippen LogP contribution < -0.4 is 4.90 Å². The first kappa shape index (κ1) is 15.5. The van der Waals surface area contributed by atoms with Gasteiger partial charge in [-0.2, -0.15) is 0 Å². The summed E-state index contributed by atoms with van der Waals surface area (Å²) in [7, 11) is 1.60. The quantitative estimate of drug-likeness (QED) is 0.866. The Morgan fingerprint density at radius 2 is 2.00 bits per heavy atom. The van der Waals surface area contributed by atoms with Crippen molar-refractivity contribution in [1.29, 1.82) is 0 Å². The summed E-state index contributed by atoms with van der Waals surface area (Å²) in [6, 6.07) is 1.76. The van der Waals surface area contributed by atoms with Gasteiger partial charge >= 0.3 is 0 Å². The molecule has 3 atom stereocenters. The zero-order chi connectivity index (χ0) is 14.9. The fourth-order valence-corrected chi connectivity index (χ4v) is 2.78. The number of halogens is 1. The van der Waals surface area contributed by atoms with Gasteiger partial charge in [0.2, 0.25) is 0 Å². The molecule has 0 spiro atoms. The smallest absolute Gasteiger partial charge is 0.158 e. The van der Waals surface area contributed by atoms with Crippen molar-refractivity contribution in [1.82, 2.24) is 9.97 Å². The number of ether oxygens (including phenoxy) is 1. The predicted molar refractivity (Wildman–Crippen MR) is 78.9 cm³/mol. The standard InChI is InChI=1S/C14H22ClN3O2/c1-9-6-18(7-10(2)14(9,3)19)13-5-11(15)16-12(17-13)8-20-4/h5,9-10,19H,6-8H2,1-4H3/t9-,10+,14?. The first-order chi connectivity index (χ1) is 9.34. The van der Waals surface area contributed by atoms with Crippen molar-refractivity contribution in [3.05, 3.63) is 17.0 Å².